The van der Waals surface area contributed by atoms with Crippen molar-refractivity contribution in [3.05, 3.63) is 41.2 Å². The fourth-order valence-electron chi connectivity index (χ4n) is 2.39. The number of alkyl halides is 3. The summed E-state index contributed by atoms with van der Waals surface area (Å²) in [5.74, 6) is 0.459. The van der Waals surface area contributed by atoms with Crippen LogP contribution in [0.25, 0.3) is 0 Å². The zero-order valence-corrected chi connectivity index (χ0v) is 12.3. The van der Waals surface area contributed by atoms with E-state index in [1.807, 2.05) is 12.1 Å². The molecular formula is C15H15F3N4O. The van der Waals surface area contributed by atoms with Gasteiger partial charge in [-0.15, -0.1) is 0 Å². The molecular weight excluding hydrogens is 309 g/mol. The first kappa shape index (κ1) is 14.3. The van der Waals surface area contributed by atoms with Gasteiger partial charge in [0.2, 0.25) is 5.95 Å². The van der Waals surface area contributed by atoms with Crippen molar-refractivity contribution in [2.45, 2.75) is 19.1 Å². The van der Waals surface area contributed by atoms with Gasteiger partial charge in [0.05, 0.1) is 19.7 Å². The molecule has 0 unspecified atom stereocenters. The van der Waals surface area contributed by atoms with Gasteiger partial charge in [0, 0.05) is 18.9 Å². The Morgan fingerprint density at radius 3 is 2.83 bits per heavy atom. The highest BCUT2D eigenvalue weighted by molar-refractivity contribution is 5.65. The van der Waals surface area contributed by atoms with Crippen LogP contribution in [0, 0.1) is 0 Å². The molecule has 8 heteroatoms. The summed E-state index contributed by atoms with van der Waals surface area (Å²) in [6.45, 7) is 1.58. The SMILES string of the molecule is [2H]c1nc(Nc2cc3c(cc2OC)CCNC3)ncc1C(F)(F)F. The van der Waals surface area contributed by atoms with Crippen molar-refractivity contribution in [3.8, 4) is 5.75 Å². The Hall–Kier alpha value is -2.35. The van der Waals surface area contributed by atoms with Crippen LogP contribution in [0.1, 0.15) is 18.1 Å². The Morgan fingerprint density at radius 2 is 2.13 bits per heavy atom. The molecule has 0 spiro atoms. The van der Waals surface area contributed by atoms with Crippen molar-refractivity contribution in [2.24, 2.45) is 0 Å². The lowest BCUT2D eigenvalue weighted by atomic mass is 10.00. The second-order valence-electron chi connectivity index (χ2n) is 5.09. The lowest BCUT2D eigenvalue weighted by Gasteiger charge is -2.20. The van der Waals surface area contributed by atoms with E-state index in [0.29, 0.717) is 24.2 Å². The van der Waals surface area contributed by atoms with Crippen LogP contribution in [-0.4, -0.2) is 23.6 Å². The maximum atomic E-state index is 12.7. The highest BCUT2D eigenvalue weighted by Gasteiger charge is 2.31. The van der Waals surface area contributed by atoms with Gasteiger partial charge in [0.1, 0.15) is 5.75 Å². The molecule has 0 saturated carbocycles. The summed E-state index contributed by atoms with van der Waals surface area (Å²) in [7, 11) is 1.51. The largest absolute Gasteiger partial charge is 0.495 e. The fourth-order valence-corrected chi connectivity index (χ4v) is 2.39. The van der Waals surface area contributed by atoms with Gasteiger partial charge in [-0.1, -0.05) is 0 Å². The number of hydrogen-bond acceptors (Lipinski definition) is 5. The van der Waals surface area contributed by atoms with E-state index in [9.17, 15) is 13.2 Å². The predicted octanol–water partition coefficient (Wildman–Crippen LogP) is 2.89. The van der Waals surface area contributed by atoms with Crippen LogP contribution in [0.4, 0.5) is 24.8 Å². The second kappa shape index (κ2) is 6.04. The van der Waals surface area contributed by atoms with E-state index in [2.05, 4.69) is 20.6 Å². The molecule has 2 heterocycles. The van der Waals surface area contributed by atoms with E-state index in [4.69, 9.17) is 6.11 Å². The summed E-state index contributed by atoms with van der Waals surface area (Å²) in [4.78, 5) is 7.23. The van der Waals surface area contributed by atoms with E-state index >= 15 is 0 Å². The van der Waals surface area contributed by atoms with E-state index in [1.165, 1.54) is 7.11 Å². The third-order valence-electron chi connectivity index (χ3n) is 3.56. The van der Waals surface area contributed by atoms with Crippen molar-refractivity contribution in [1.82, 2.24) is 15.3 Å². The summed E-state index contributed by atoms with van der Waals surface area (Å²) in [6.07, 6.45) is -4.05. The van der Waals surface area contributed by atoms with Crippen LogP contribution in [0.15, 0.2) is 24.5 Å². The second-order valence-corrected chi connectivity index (χ2v) is 5.09. The summed E-state index contributed by atoms with van der Waals surface area (Å²) < 4.78 is 50.8. The van der Waals surface area contributed by atoms with Crippen LogP contribution in [0.5, 0.6) is 5.75 Å². The quantitative estimate of drug-likeness (QED) is 0.909. The number of aromatic nitrogens is 2. The van der Waals surface area contributed by atoms with Crippen molar-refractivity contribution in [1.29, 1.82) is 0 Å². The first-order valence-electron chi connectivity index (χ1n) is 7.47. The molecule has 0 saturated heterocycles. The predicted molar refractivity (Wildman–Crippen MR) is 78.7 cm³/mol. The van der Waals surface area contributed by atoms with Crippen molar-refractivity contribution in [2.75, 3.05) is 19.0 Å². The number of rotatable bonds is 3. The molecule has 2 N–H and O–H groups in total. The third-order valence-corrected chi connectivity index (χ3v) is 3.56. The van der Waals surface area contributed by atoms with Crippen molar-refractivity contribution < 1.29 is 19.3 Å². The van der Waals surface area contributed by atoms with Crippen LogP contribution in [0.3, 0.4) is 0 Å². The maximum absolute atomic E-state index is 12.7. The van der Waals surface area contributed by atoms with E-state index < -0.39 is 17.9 Å². The number of nitrogens with one attached hydrogen (secondary N) is 2. The van der Waals surface area contributed by atoms with Crippen LogP contribution >= 0.6 is 0 Å². The van der Waals surface area contributed by atoms with Gasteiger partial charge in [-0.3, -0.25) is 0 Å². The van der Waals surface area contributed by atoms with E-state index in [-0.39, 0.29) is 5.95 Å². The Balaban J connectivity index is 1.92. The number of hydrogen-bond donors (Lipinski definition) is 2. The zero-order chi connectivity index (χ0) is 17.3. The number of fused-ring (bicyclic) bond motifs is 1. The van der Waals surface area contributed by atoms with Crippen LogP contribution in [-0.2, 0) is 19.1 Å². The highest BCUT2D eigenvalue weighted by Crippen LogP contribution is 2.32. The number of ether oxygens (including phenoxy) is 1. The van der Waals surface area contributed by atoms with Gasteiger partial charge in [-0.05, 0) is 36.2 Å². The molecule has 0 bridgehead atoms. The van der Waals surface area contributed by atoms with Gasteiger partial charge in [0.15, 0.2) is 0 Å². The van der Waals surface area contributed by atoms with Crippen molar-refractivity contribution in [3.63, 3.8) is 0 Å². The molecule has 1 aliphatic rings. The lowest BCUT2D eigenvalue weighted by molar-refractivity contribution is -0.138. The highest BCUT2D eigenvalue weighted by atomic mass is 19.4. The molecule has 0 amide bonds. The number of anilines is 2. The molecule has 122 valence electrons. The maximum Gasteiger partial charge on any atom is 0.419 e. The smallest absolute Gasteiger partial charge is 0.419 e. The zero-order valence-electron chi connectivity index (χ0n) is 13.3. The number of nitrogens with zero attached hydrogens (tertiary/aromatic N) is 2. The summed E-state index contributed by atoms with van der Waals surface area (Å²) >= 11 is 0. The standard InChI is InChI=1S/C15H15F3N4O/c1-23-13-5-9-2-3-19-6-10(9)4-12(13)22-14-20-7-11(8-21-14)15(16,17)18/h4-5,7-8,19H,2-3,6H2,1H3,(H,20,21,22)/i7D. The average Bonchev–Trinajstić information content (AvgIpc) is 2.53. The average molecular weight is 325 g/mol. The molecule has 2 aromatic rings. The first-order valence-corrected chi connectivity index (χ1v) is 6.97. The Labute approximate surface area is 132 Å². The fraction of sp³-hybridized carbons (Fsp3) is 0.333. The molecule has 5 nitrogen and oxygen atoms in total. The normalized spacial score (nSPS) is 14.9. The summed E-state index contributed by atoms with van der Waals surface area (Å²) in [5, 5.41) is 6.08. The van der Waals surface area contributed by atoms with Crippen LogP contribution < -0.4 is 15.4 Å². The molecule has 1 aromatic heterocycles. The van der Waals surface area contributed by atoms with E-state index in [0.717, 1.165) is 24.1 Å². The molecule has 3 rings (SSSR count). The van der Waals surface area contributed by atoms with Gasteiger partial charge in [0.25, 0.3) is 0 Å². The lowest BCUT2D eigenvalue weighted by Crippen LogP contribution is -2.23. The monoisotopic (exact) mass is 325 g/mol. The summed E-state index contributed by atoms with van der Waals surface area (Å²) in [5.41, 5.74) is 1.60. The van der Waals surface area contributed by atoms with Crippen molar-refractivity contribution >= 4 is 11.6 Å². The third kappa shape index (κ3) is 3.37. The molecule has 0 atom stereocenters. The molecule has 0 fully saturated rings. The van der Waals surface area contributed by atoms with Gasteiger partial charge >= 0.3 is 6.18 Å². The molecule has 0 aliphatic carbocycles. The number of methoxy groups -OCH3 is 1. The molecule has 1 aliphatic heterocycles. The Kier molecular flexibility index (Phi) is 3.74. The topological polar surface area (TPSA) is 59.1 Å². The minimum absolute atomic E-state index is 0.0879. The van der Waals surface area contributed by atoms with Gasteiger partial charge < -0.3 is 15.4 Å². The van der Waals surface area contributed by atoms with E-state index in [1.54, 1.807) is 0 Å². The molecule has 1 aromatic carbocycles. The number of benzene rings is 1. The minimum atomic E-state index is -4.65. The number of halogens is 3. The van der Waals surface area contributed by atoms with Gasteiger partial charge in [-0.25, -0.2) is 9.97 Å². The Morgan fingerprint density at radius 1 is 1.30 bits per heavy atom. The Bertz CT molecular complexity index is 767. The first-order chi connectivity index (χ1) is 11.4. The molecule has 0 radical (unpaired) electrons. The van der Waals surface area contributed by atoms with Gasteiger partial charge in [-0.2, -0.15) is 13.2 Å². The molecule has 23 heavy (non-hydrogen) atoms. The van der Waals surface area contributed by atoms with Crippen LogP contribution in [0.2, 0.25) is 0 Å². The minimum Gasteiger partial charge on any atom is -0.495 e. The summed E-state index contributed by atoms with van der Waals surface area (Å²) in [6, 6.07) is 3.75.